The van der Waals surface area contributed by atoms with Gasteiger partial charge in [0.1, 0.15) is 17.0 Å². The van der Waals surface area contributed by atoms with E-state index in [2.05, 4.69) is 27.9 Å². The Balaban J connectivity index is 1.53. The van der Waals surface area contributed by atoms with Gasteiger partial charge >= 0.3 is 6.03 Å². The zero-order chi connectivity index (χ0) is 17.6. The number of carbonyl (C=O) groups is 1. The summed E-state index contributed by atoms with van der Waals surface area (Å²) in [6.45, 7) is 2.10. The smallest absolute Gasteiger partial charge is 0.325 e. The molecule has 130 valence electrons. The van der Waals surface area contributed by atoms with Crippen molar-refractivity contribution in [3.63, 3.8) is 0 Å². The highest BCUT2D eigenvalue weighted by Gasteiger charge is 2.19. The van der Waals surface area contributed by atoms with Crippen LogP contribution in [-0.4, -0.2) is 11.0 Å². The van der Waals surface area contributed by atoms with Crippen molar-refractivity contribution in [2.24, 2.45) is 0 Å². The standard InChI is InChI=1S/C18H21N5OS/c1-2-4-14-5-3-6-15(20-14)22-18(24)23-16-11-25-17(21-16)12-7-9-13(19)10-8-12/h3,5-11,17,21H,2,4,19H2,1H3,(H2,20,22,23,24). The molecule has 7 heteroatoms. The van der Waals surface area contributed by atoms with Crippen LogP contribution in [0.15, 0.2) is 53.7 Å². The number of benzene rings is 1. The Morgan fingerprint density at radius 2 is 2.04 bits per heavy atom. The van der Waals surface area contributed by atoms with Gasteiger partial charge in [-0.3, -0.25) is 10.6 Å². The second-order valence-electron chi connectivity index (χ2n) is 5.70. The zero-order valence-corrected chi connectivity index (χ0v) is 14.8. The summed E-state index contributed by atoms with van der Waals surface area (Å²) in [5.74, 6) is 1.21. The van der Waals surface area contributed by atoms with Crippen molar-refractivity contribution in [2.45, 2.75) is 25.1 Å². The summed E-state index contributed by atoms with van der Waals surface area (Å²) < 4.78 is 0. The summed E-state index contributed by atoms with van der Waals surface area (Å²) in [5, 5.41) is 10.8. The molecule has 2 amide bonds. The molecule has 1 aromatic carbocycles. The van der Waals surface area contributed by atoms with Gasteiger partial charge in [0.15, 0.2) is 0 Å². The van der Waals surface area contributed by atoms with Gasteiger partial charge in [-0.25, -0.2) is 9.78 Å². The van der Waals surface area contributed by atoms with Crippen molar-refractivity contribution >= 4 is 29.3 Å². The highest BCUT2D eigenvalue weighted by molar-refractivity contribution is 8.02. The fraction of sp³-hybridized carbons (Fsp3) is 0.222. The molecule has 6 nitrogen and oxygen atoms in total. The molecule has 2 heterocycles. The van der Waals surface area contributed by atoms with Crippen LogP contribution < -0.4 is 21.7 Å². The Bertz CT molecular complexity index is 775. The van der Waals surface area contributed by atoms with E-state index in [-0.39, 0.29) is 11.4 Å². The van der Waals surface area contributed by atoms with Gasteiger partial charge in [0, 0.05) is 16.8 Å². The van der Waals surface area contributed by atoms with E-state index in [4.69, 9.17) is 5.73 Å². The third kappa shape index (κ3) is 4.67. The molecule has 0 saturated heterocycles. The topological polar surface area (TPSA) is 92.1 Å². The first-order valence-electron chi connectivity index (χ1n) is 8.15. The zero-order valence-electron chi connectivity index (χ0n) is 14.0. The van der Waals surface area contributed by atoms with Gasteiger partial charge < -0.3 is 11.1 Å². The van der Waals surface area contributed by atoms with Gasteiger partial charge in [0.25, 0.3) is 0 Å². The van der Waals surface area contributed by atoms with Crippen LogP contribution in [0.1, 0.15) is 30.0 Å². The molecule has 1 aliphatic heterocycles. The number of hydrogen-bond acceptors (Lipinski definition) is 5. The number of aryl methyl sites for hydroxylation is 1. The van der Waals surface area contributed by atoms with Gasteiger partial charge in [0.2, 0.25) is 0 Å². The van der Waals surface area contributed by atoms with E-state index in [0.29, 0.717) is 11.6 Å². The normalized spacial score (nSPS) is 16.0. The molecule has 3 rings (SSSR count). The Hall–Kier alpha value is -2.67. The van der Waals surface area contributed by atoms with Gasteiger partial charge in [-0.1, -0.05) is 31.5 Å². The van der Waals surface area contributed by atoms with Crippen molar-refractivity contribution in [3.8, 4) is 0 Å². The highest BCUT2D eigenvalue weighted by atomic mass is 32.2. The maximum absolute atomic E-state index is 12.2. The maximum Gasteiger partial charge on any atom is 0.325 e. The molecule has 2 aromatic rings. The first-order valence-corrected chi connectivity index (χ1v) is 9.10. The average Bonchev–Trinajstić information content (AvgIpc) is 3.04. The Morgan fingerprint density at radius 3 is 2.80 bits per heavy atom. The molecule has 1 aromatic heterocycles. The molecule has 1 unspecified atom stereocenters. The molecule has 0 aliphatic carbocycles. The van der Waals surface area contributed by atoms with Crippen LogP contribution in [0.3, 0.4) is 0 Å². The lowest BCUT2D eigenvalue weighted by molar-refractivity contribution is 0.253. The van der Waals surface area contributed by atoms with E-state index in [1.54, 1.807) is 17.8 Å². The predicted octanol–water partition coefficient (Wildman–Crippen LogP) is 3.57. The number of rotatable bonds is 5. The van der Waals surface area contributed by atoms with E-state index in [1.165, 1.54) is 0 Å². The summed E-state index contributed by atoms with van der Waals surface area (Å²) >= 11 is 1.59. The first-order chi connectivity index (χ1) is 12.1. The summed E-state index contributed by atoms with van der Waals surface area (Å²) in [4.78, 5) is 16.6. The third-order valence-corrected chi connectivity index (χ3v) is 4.68. The largest absolute Gasteiger partial charge is 0.399 e. The molecule has 0 bridgehead atoms. The van der Waals surface area contributed by atoms with Gasteiger partial charge in [0.05, 0.1) is 0 Å². The fourth-order valence-corrected chi connectivity index (χ4v) is 3.37. The minimum Gasteiger partial charge on any atom is -0.399 e. The van der Waals surface area contributed by atoms with E-state index in [0.717, 1.165) is 29.8 Å². The lowest BCUT2D eigenvalue weighted by Crippen LogP contribution is -2.33. The maximum atomic E-state index is 12.2. The highest BCUT2D eigenvalue weighted by Crippen LogP contribution is 2.33. The second kappa shape index (κ2) is 7.94. The van der Waals surface area contributed by atoms with Crippen LogP contribution in [0.4, 0.5) is 16.3 Å². The van der Waals surface area contributed by atoms with Crippen molar-refractivity contribution in [3.05, 3.63) is 65.0 Å². The van der Waals surface area contributed by atoms with E-state index in [1.807, 2.05) is 41.8 Å². The summed E-state index contributed by atoms with van der Waals surface area (Å²) in [6, 6.07) is 13.0. The molecule has 0 fully saturated rings. The van der Waals surface area contributed by atoms with Crippen molar-refractivity contribution in [1.29, 1.82) is 0 Å². The lowest BCUT2D eigenvalue weighted by atomic mass is 10.2. The third-order valence-electron chi connectivity index (χ3n) is 3.65. The van der Waals surface area contributed by atoms with E-state index < -0.39 is 0 Å². The molecule has 25 heavy (non-hydrogen) atoms. The summed E-state index contributed by atoms with van der Waals surface area (Å²) in [7, 11) is 0. The Labute approximate surface area is 151 Å². The fourth-order valence-electron chi connectivity index (χ4n) is 2.46. The number of urea groups is 1. The first kappa shape index (κ1) is 17.2. The number of nitrogens with zero attached hydrogens (tertiary/aromatic N) is 1. The number of nitrogens with two attached hydrogens (primary N) is 1. The molecule has 1 aliphatic rings. The van der Waals surface area contributed by atoms with Crippen molar-refractivity contribution < 1.29 is 4.79 Å². The van der Waals surface area contributed by atoms with Crippen LogP contribution in [0.25, 0.3) is 0 Å². The lowest BCUT2D eigenvalue weighted by Gasteiger charge is -2.14. The average molecular weight is 355 g/mol. The molecule has 1 atom stereocenters. The Kier molecular flexibility index (Phi) is 5.45. The summed E-state index contributed by atoms with van der Waals surface area (Å²) in [6.07, 6.45) is 1.91. The minimum atomic E-state index is -0.321. The van der Waals surface area contributed by atoms with Crippen molar-refractivity contribution in [2.75, 3.05) is 11.1 Å². The number of aromatic nitrogens is 1. The number of hydrogen-bond donors (Lipinski definition) is 4. The Morgan fingerprint density at radius 1 is 1.24 bits per heavy atom. The number of nitrogens with one attached hydrogen (secondary N) is 3. The number of pyridine rings is 1. The SMILES string of the molecule is CCCc1cccc(NC(=O)NC2=CSC(c3ccc(N)cc3)N2)n1. The van der Waals surface area contributed by atoms with E-state index in [9.17, 15) is 4.79 Å². The molecule has 0 spiro atoms. The van der Waals surface area contributed by atoms with Crippen molar-refractivity contribution in [1.82, 2.24) is 15.6 Å². The summed E-state index contributed by atoms with van der Waals surface area (Å²) in [5.41, 5.74) is 8.51. The number of anilines is 2. The van der Waals surface area contributed by atoms with Gasteiger partial charge in [-0.15, -0.1) is 11.8 Å². The van der Waals surface area contributed by atoms with Crippen LogP contribution >= 0.6 is 11.8 Å². The second-order valence-corrected chi connectivity index (χ2v) is 6.68. The van der Waals surface area contributed by atoms with E-state index >= 15 is 0 Å². The monoisotopic (exact) mass is 355 g/mol. The van der Waals surface area contributed by atoms with Gasteiger partial charge in [-0.2, -0.15) is 0 Å². The quantitative estimate of drug-likeness (QED) is 0.615. The molecular formula is C18H21N5OS. The minimum absolute atomic E-state index is 0.0573. The van der Waals surface area contributed by atoms with Gasteiger partial charge in [-0.05, 0) is 36.2 Å². The van der Waals surface area contributed by atoms with Crippen LogP contribution in [-0.2, 0) is 6.42 Å². The van der Waals surface area contributed by atoms with Crippen LogP contribution in [0.2, 0.25) is 0 Å². The molecular weight excluding hydrogens is 334 g/mol. The predicted molar refractivity (Wildman–Crippen MR) is 103 cm³/mol. The number of amides is 2. The number of thioether (sulfide) groups is 1. The van der Waals surface area contributed by atoms with Crippen LogP contribution in [0.5, 0.6) is 0 Å². The molecule has 0 radical (unpaired) electrons. The number of nitrogen functional groups attached to an aromatic ring is 1. The number of carbonyl (C=O) groups excluding carboxylic acids is 1. The van der Waals surface area contributed by atoms with Crippen LogP contribution in [0, 0.1) is 0 Å². The molecule has 5 N–H and O–H groups in total. The molecule has 0 saturated carbocycles.